The van der Waals surface area contributed by atoms with Crippen molar-refractivity contribution in [3.63, 3.8) is 0 Å². The van der Waals surface area contributed by atoms with Gasteiger partial charge in [-0.2, -0.15) is 0 Å². The molecule has 0 aliphatic heterocycles. The van der Waals surface area contributed by atoms with Crippen molar-refractivity contribution in [2.45, 2.75) is 34.3 Å². The number of hydrogen-bond acceptors (Lipinski definition) is 8. The highest BCUT2D eigenvalue weighted by atomic mass is 16.5. The van der Waals surface area contributed by atoms with Crippen LogP contribution in [0, 0.1) is 0 Å². The molecular weight excluding hydrogens is 356 g/mol. The molecule has 0 amide bonds. The zero-order valence-electron chi connectivity index (χ0n) is 14.6. The first-order chi connectivity index (χ1) is 11.7. The quantitative estimate of drug-likeness (QED) is 0.245. The van der Waals surface area contributed by atoms with Crippen LogP contribution in [-0.2, 0) is 30.5 Å². The lowest BCUT2D eigenvalue weighted by atomic mass is 10.2. The maximum atomic E-state index is 10.5. The van der Waals surface area contributed by atoms with Crippen molar-refractivity contribution in [2.75, 3.05) is 0 Å². The standard InChI is InChI=1S/C9H10O5.3C2H4O2/c1-5(10)14-4-6-2-7(11)3-8(12)9(6)13;3*1-2(3)4/h2-3,11-13H,4H2,1H3;3*1H3,(H,3,4). The van der Waals surface area contributed by atoms with Crippen LogP contribution in [0.3, 0.4) is 0 Å². The first-order valence-corrected chi connectivity index (χ1v) is 6.66. The van der Waals surface area contributed by atoms with Crippen LogP contribution in [0.1, 0.15) is 33.3 Å². The van der Waals surface area contributed by atoms with Crippen LogP contribution in [0.2, 0.25) is 0 Å². The minimum atomic E-state index is -0.833. The van der Waals surface area contributed by atoms with Crippen molar-refractivity contribution in [1.82, 2.24) is 0 Å². The summed E-state index contributed by atoms with van der Waals surface area (Å²) in [6, 6.07) is 2.20. The number of benzene rings is 1. The lowest BCUT2D eigenvalue weighted by molar-refractivity contribution is -0.142. The van der Waals surface area contributed by atoms with E-state index in [0.29, 0.717) is 0 Å². The first kappa shape index (κ1) is 27.4. The molecule has 0 saturated heterocycles. The fourth-order valence-corrected chi connectivity index (χ4v) is 0.951. The lowest BCUT2D eigenvalue weighted by Gasteiger charge is -2.06. The van der Waals surface area contributed by atoms with Gasteiger partial charge in [0.15, 0.2) is 11.5 Å². The summed E-state index contributed by atoms with van der Waals surface area (Å²) in [6.07, 6.45) is 0. The number of aromatic hydroxyl groups is 3. The van der Waals surface area contributed by atoms with E-state index in [1.165, 1.54) is 13.0 Å². The van der Waals surface area contributed by atoms with E-state index >= 15 is 0 Å². The number of phenolic OH excluding ortho intramolecular Hbond substituents is 3. The van der Waals surface area contributed by atoms with Crippen LogP contribution in [-0.4, -0.2) is 54.5 Å². The third-order valence-electron chi connectivity index (χ3n) is 1.58. The third kappa shape index (κ3) is 25.5. The van der Waals surface area contributed by atoms with Crippen molar-refractivity contribution in [3.05, 3.63) is 17.7 Å². The second kappa shape index (κ2) is 15.1. The van der Waals surface area contributed by atoms with Crippen LogP contribution in [0.25, 0.3) is 0 Å². The van der Waals surface area contributed by atoms with Crippen LogP contribution in [0.4, 0.5) is 0 Å². The summed E-state index contributed by atoms with van der Waals surface area (Å²) in [5, 5.41) is 49.7. The Morgan fingerprint density at radius 2 is 1.15 bits per heavy atom. The fraction of sp³-hybridized carbons (Fsp3) is 0.333. The molecule has 0 heterocycles. The Kier molecular flexibility index (Phi) is 15.8. The van der Waals surface area contributed by atoms with Gasteiger partial charge in [0, 0.05) is 39.3 Å². The van der Waals surface area contributed by atoms with Crippen LogP contribution in [0.5, 0.6) is 17.2 Å². The molecule has 1 rings (SSSR count). The molecule has 0 unspecified atom stereocenters. The lowest BCUT2D eigenvalue weighted by Crippen LogP contribution is -1.98. The zero-order chi connectivity index (χ0) is 21.4. The summed E-state index contributed by atoms with van der Waals surface area (Å²) in [5.41, 5.74) is 0.151. The van der Waals surface area contributed by atoms with Gasteiger partial charge < -0.3 is 35.4 Å². The Morgan fingerprint density at radius 1 is 0.808 bits per heavy atom. The average molecular weight is 378 g/mol. The summed E-state index contributed by atoms with van der Waals surface area (Å²) >= 11 is 0. The number of ether oxygens (including phenoxy) is 1. The minimum absolute atomic E-state index is 0.151. The molecule has 11 nitrogen and oxygen atoms in total. The highest BCUT2D eigenvalue weighted by molar-refractivity contribution is 5.66. The largest absolute Gasteiger partial charge is 0.508 e. The van der Waals surface area contributed by atoms with Gasteiger partial charge in [-0.05, 0) is 6.07 Å². The normalized spacial score (nSPS) is 8.15. The monoisotopic (exact) mass is 378 g/mol. The Hall–Kier alpha value is -3.50. The highest BCUT2D eigenvalue weighted by Gasteiger charge is 2.09. The number of rotatable bonds is 2. The molecule has 0 aromatic heterocycles. The minimum Gasteiger partial charge on any atom is -0.508 e. The SMILES string of the molecule is CC(=O)O.CC(=O)O.CC(=O)O.CC(=O)OCc1cc(O)cc(O)c1O. The third-order valence-corrected chi connectivity index (χ3v) is 1.58. The van der Waals surface area contributed by atoms with E-state index in [1.54, 1.807) is 0 Å². The molecule has 0 bridgehead atoms. The zero-order valence-corrected chi connectivity index (χ0v) is 14.6. The van der Waals surface area contributed by atoms with E-state index in [2.05, 4.69) is 4.74 Å². The number of carboxylic acids is 3. The number of carbonyl (C=O) groups excluding carboxylic acids is 1. The van der Waals surface area contributed by atoms with Crippen molar-refractivity contribution >= 4 is 23.9 Å². The molecule has 0 aliphatic carbocycles. The molecule has 0 atom stereocenters. The van der Waals surface area contributed by atoms with Gasteiger partial charge in [-0.15, -0.1) is 0 Å². The van der Waals surface area contributed by atoms with E-state index in [4.69, 9.17) is 39.9 Å². The maximum Gasteiger partial charge on any atom is 0.302 e. The smallest absolute Gasteiger partial charge is 0.302 e. The molecule has 0 radical (unpaired) electrons. The second-order valence-electron chi connectivity index (χ2n) is 4.31. The molecule has 0 spiro atoms. The Morgan fingerprint density at radius 3 is 1.46 bits per heavy atom. The summed E-state index contributed by atoms with van der Waals surface area (Å²) in [5.74, 6) is -4.06. The molecular formula is C15H22O11. The van der Waals surface area contributed by atoms with Crippen LogP contribution in [0.15, 0.2) is 12.1 Å². The van der Waals surface area contributed by atoms with Gasteiger partial charge in [-0.25, -0.2) is 0 Å². The van der Waals surface area contributed by atoms with Crippen molar-refractivity contribution in [3.8, 4) is 17.2 Å². The van der Waals surface area contributed by atoms with E-state index in [-0.39, 0.29) is 17.9 Å². The molecule has 11 heteroatoms. The molecule has 26 heavy (non-hydrogen) atoms. The predicted octanol–water partition coefficient (Wildman–Crippen LogP) is 1.14. The number of carbonyl (C=O) groups is 4. The Labute approximate surface area is 148 Å². The molecule has 0 aliphatic rings. The molecule has 6 N–H and O–H groups in total. The van der Waals surface area contributed by atoms with Crippen molar-refractivity contribution in [1.29, 1.82) is 0 Å². The van der Waals surface area contributed by atoms with Crippen LogP contribution < -0.4 is 0 Å². The molecule has 1 aromatic rings. The van der Waals surface area contributed by atoms with E-state index in [1.807, 2.05) is 0 Å². The van der Waals surface area contributed by atoms with Crippen molar-refractivity contribution < 1.29 is 54.6 Å². The fourth-order valence-electron chi connectivity index (χ4n) is 0.951. The second-order valence-corrected chi connectivity index (χ2v) is 4.31. The van der Waals surface area contributed by atoms with Crippen molar-refractivity contribution in [2.24, 2.45) is 0 Å². The number of phenols is 3. The van der Waals surface area contributed by atoms with Gasteiger partial charge in [0.25, 0.3) is 17.9 Å². The van der Waals surface area contributed by atoms with E-state index in [9.17, 15) is 9.90 Å². The van der Waals surface area contributed by atoms with Gasteiger partial charge in [-0.1, -0.05) is 0 Å². The van der Waals surface area contributed by atoms with Gasteiger partial charge in [0.1, 0.15) is 12.4 Å². The molecule has 1 aromatic carbocycles. The summed E-state index contributed by atoms with van der Waals surface area (Å²) in [7, 11) is 0. The number of aliphatic carboxylic acids is 3. The van der Waals surface area contributed by atoms with Gasteiger partial charge in [-0.3, -0.25) is 19.2 Å². The van der Waals surface area contributed by atoms with Gasteiger partial charge >= 0.3 is 5.97 Å². The maximum absolute atomic E-state index is 10.5. The number of esters is 1. The average Bonchev–Trinajstić information content (AvgIpc) is 2.39. The van der Waals surface area contributed by atoms with Gasteiger partial charge in [0.05, 0.1) is 0 Å². The Balaban J connectivity index is -0.000000362. The predicted molar refractivity (Wildman–Crippen MR) is 86.8 cm³/mol. The Bertz CT molecular complexity index is 567. The van der Waals surface area contributed by atoms with E-state index < -0.39 is 35.4 Å². The summed E-state index contributed by atoms with van der Waals surface area (Å²) in [4.78, 5) is 37.5. The topological polar surface area (TPSA) is 199 Å². The highest BCUT2D eigenvalue weighted by Crippen LogP contribution is 2.33. The number of carboxylic acid groups (broad SMARTS) is 3. The van der Waals surface area contributed by atoms with E-state index in [0.717, 1.165) is 26.8 Å². The van der Waals surface area contributed by atoms with Crippen LogP contribution >= 0.6 is 0 Å². The first-order valence-electron chi connectivity index (χ1n) is 6.66. The molecule has 0 saturated carbocycles. The molecule has 148 valence electrons. The number of hydrogen-bond donors (Lipinski definition) is 6. The summed E-state index contributed by atoms with van der Waals surface area (Å²) in [6.45, 7) is 4.28. The van der Waals surface area contributed by atoms with Gasteiger partial charge in [0.2, 0.25) is 0 Å². The molecule has 0 fully saturated rings. The summed E-state index contributed by atoms with van der Waals surface area (Å²) < 4.78 is 4.60.